The molecule has 0 fully saturated rings. The fourth-order valence-electron chi connectivity index (χ4n) is 2.59. The van der Waals surface area contributed by atoms with Gasteiger partial charge in [0.15, 0.2) is 0 Å². The zero-order chi connectivity index (χ0) is 14.0. The molecule has 5 nitrogen and oxygen atoms in total. The third-order valence-electron chi connectivity index (χ3n) is 3.54. The molecule has 0 aliphatic carbocycles. The number of aliphatic carboxylic acids is 1. The number of rotatable bonds is 5. The quantitative estimate of drug-likeness (QED) is 0.868. The number of hydrogen-bond acceptors (Lipinski definition) is 2. The van der Waals surface area contributed by atoms with Crippen LogP contribution in [-0.4, -0.2) is 20.6 Å². The minimum atomic E-state index is -1.01. The van der Waals surface area contributed by atoms with Crippen molar-refractivity contribution in [2.45, 2.75) is 39.2 Å². The highest BCUT2D eigenvalue weighted by Crippen LogP contribution is 2.28. The Labute approximate surface area is 110 Å². The molecule has 0 saturated carbocycles. The van der Waals surface area contributed by atoms with Crippen LogP contribution in [0.1, 0.15) is 38.2 Å². The molecule has 0 aliphatic rings. The first-order valence-electron chi connectivity index (χ1n) is 6.51. The lowest BCUT2D eigenvalue weighted by molar-refractivity contribution is -0.137. The van der Waals surface area contributed by atoms with Crippen molar-refractivity contribution in [3.05, 3.63) is 34.2 Å². The van der Waals surface area contributed by atoms with Crippen molar-refractivity contribution in [1.29, 1.82) is 0 Å². The number of H-pyrrole nitrogens is 1. The molecule has 0 amide bonds. The normalized spacial score (nSPS) is 11.3. The maximum Gasteiger partial charge on any atom is 0.327 e. The average molecular weight is 262 g/mol. The van der Waals surface area contributed by atoms with Gasteiger partial charge in [-0.15, -0.1) is 0 Å². The lowest BCUT2D eigenvalue weighted by Gasteiger charge is -2.15. The summed E-state index contributed by atoms with van der Waals surface area (Å²) < 4.78 is 1.31. The van der Waals surface area contributed by atoms with E-state index in [0.717, 1.165) is 23.9 Å². The van der Waals surface area contributed by atoms with Gasteiger partial charge in [-0.3, -0.25) is 9.36 Å². The molecule has 0 atom stereocenters. The van der Waals surface area contributed by atoms with Crippen molar-refractivity contribution >= 4 is 17.0 Å². The average Bonchev–Trinajstić information content (AvgIpc) is 2.68. The maximum atomic E-state index is 11.9. The molecule has 0 saturated heterocycles. The molecule has 0 radical (unpaired) electrons. The monoisotopic (exact) mass is 262 g/mol. The van der Waals surface area contributed by atoms with Crippen LogP contribution in [0.25, 0.3) is 11.0 Å². The van der Waals surface area contributed by atoms with E-state index in [4.69, 9.17) is 5.11 Å². The summed E-state index contributed by atoms with van der Waals surface area (Å²) >= 11 is 0. The van der Waals surface area contributed by atoms with E-state index in [1.807, 2.05) is 12.1 Å². The summed E-state index contributed by atoms with van der Waals surface area (Å²) in [7, 11) is 0. The van der Waals surface area contributed by atoms with Crippen molar-refractivity contribution in [3.63, 3.8) is 0 Å². The summed E-state index contributed by atoms with van der Waals surface area (Å²) in [6, 6.07) is 5.68. The number of hydrogen-bond donors (Lipinski definition) is 2. The molecule has 19 heavy (non-hydrogen) atoms. The van der Waals surface area contributed by atoms with Crippen LogP contribution in [0.15, 0.2) is 23.0 Å². The number of aromatic nitrogens is 2. The Morgan fingerprint density at radius 3 is 2.63 bits per heavy atom. The number of nitrogens with one attached hydrogen (secondary N) is 1. The molecule has 1 heterocycles. The Balaban J connectivity index is 2.71. The molecule has 0 spiro atoms. The van der Waals surface area contributed by atoms with E-state index in [-0.39, 0.29) is 12.2 Å². The van der Waals surface area contributed by atoms with Crippen molar-refractivity contribution < 1.29 is 9.90 Å². The molecular formula is C14H18N2O3. The van der Waals surface area contributed by atoms with E-state index in [2.05, 4.69) is 18.8 Å². The Morgan fingerprint density at radius 2 is 2.05 bits per heavy atom. The highest BCUT2D eigenvalue weighted by molar-refractivity contribution is 5.81. The maximum absolute atomic E-state index is 11.9. The Kier molecular flexibility index (Phi) is 3.74. The standard InChI is InChI=1S/C14H18N2O3/c1-3-9(4-2)10-6-5-7-11-13(10)16(8-12(17)18)14(19)15-11/h5-7,9H,3-4,8H2,1-2H3,(H,15,19)(H,17,18). The molecule has 0 unspecified atom stereocenters. The molecule has 2 aromatic rings. The number of benzene rings is 1. The summed E-state index contributed by atoms with van der Waals surface area (Å²) in [6.07, 6.45) is 1.92. The van der Waals surface area contributed by atoms with Crippen molar-refractivity contribution in [2.24, 2.45) is 0 Å². The number of fused-ring (bicyclic) bond motifs is 1. The molecule has 1 aromatic heterocycles. The van der Waals surface area contributed by atoms with Crippen molar-refractivity contribution in [2.75, 3.05) is 0 Å². The van der Waals surface area contributed by atoms with Gasteiger partial charge in [-0.2, -0.15) is 0 Å². The second-order valence-corrected chi connectivity index (χ2v) is 4.67. The highest BCUT2D eigenvalue weighted by atomic mass is 16.4. The predicted octanol–water partition coefficient (Wildman–Crippen LogP) is 2.32. The number of para-hydroxylation sites is 1. The van der Waals surface area contributed by atoms with Crippen LogP contribution < -0.4 is 5.69 Å². The third kappa shape index (κ3) is 2.41. The van der Waals surface area contributed by atoms with Gasteiger partial charge in [0, 0.05) is 0 Å². The number of nitrogens with zero attached hydrogens (tertiary/aromatic N) is 1. The molecule has 0 bridgehead atoms. The van der Waals surface area contributed by atoms with Crippen LogP contribution in [0.3, 0.4) is 0 Å². The largest absolute Gasteiger partial charge is 0.480 e. The lowest BCUT2D eigenvalue weighted by Crippen LogP contribution is -2.22. The first kappa shape index (κ1) is 13.4. The minimum Gasteiger partial charge on any atom is -0.480 e. The van der Waals surface area contributed by atoms with E-state index in [1.54, 1.807) is 6.07 Å². The van der Waals surface area contributed by atoms with Crippen LogP contribution in [0.5, 0.6) is 0 Å². The second-order valence-electron chi connectivity index (χ2n) is 4.67. The van der Waals surface area contributed by atoms with Gasteiger partial charge in [0.1, 0.15) is 6.54 Å². The van der Waals surface area contributed by atoms with Crippen LogP contribution in [-0.2, 0) is 11.3 Å². The molecule has 102 valence electrons. The molecule has 2 rings (SSSR count). The summed E-state index contributed by atoms with van der Waals surface area (Å²) in [5, 5.41) is 8.94. The summed E-state index contributed by atoms with van der Waals surface area (Å²) in [6.45, 7) is 3.88. The Bertz CT molecular complexity index is 650. The third-order valence-corrected chi connectivity index (χ3v) is 3.54. The van der Waals surface area contributed by atoms with Crippen LogP contribution in [0.2, 0.25) is 0 Å². The fourth-order valence-corrected chi connectivity index (χ4v) is 2.59. The van der Waals surface area contributed by atoms with Gasteiger partial charge in [-0.05, 0) is 30.4 Å². The summed E-state index contributed by atoms with van der Waals surface area (Å²) in [5.41, 5.74) is 2.11. The molecule has 0 aliphatic heterocycles. The summed E-state index contributed by atoms with van der Waals surface area (Å²) in [5.74, 6) is -0.679. The first-order valence-corrected chi connectivity index (χ1v) is 6.51. The Morgan fingerprint density at radius 1 is 1.37 bits per heavy atom. The fraction of sp³-hybridized carbons (Fsp3) is 0.429. The van der Waals surface area contributed by atoms with Gasteiger partial charge in [0.2, 0.25) is 0 Å². The van der Waals surface area contributed by atoms with E-state index in [1.165, 1.54) is 4.57 Å². The smallest absolute Gasteiger partial charge is 0.327 e. The highest BCUT2D eigenvalue weighted by Gasteiger charge is 2.17. The van der Waals surface area contributed by atoms with Gasteiger partial charge < -0.3 is 10.1 Å². The molecule has 2 N–H and O–H groups in total. The van der Waals surface area contributed by atoms with Crippen LogP contribution in [0.4, 0.5) is 0 Å². The van der Waals surface area contributed by atoms with Crippen LogP contribution in [0, 0.1) is 0 Å². The number of carboxylic acids is 1. The van der Waals surface area contributed by atoms with E-state index in [0.29, 0.717) is 11.4 Å². The van der Waals surface area contributed by atoms with Gasteiger partial charge in [0.05, 0.1) is 11.0 Å². The zero-order valence-electron chi connectivity index (χ0n) is 11.1. The van der Waals surface area contributed by atoms with E-state index < -0.39 is 5.97 Å². The van der Waals surface area contributed by atoms with Crippen molar-refractivity contribution in [1.82, 2.24) is 9.55 Å². The SMILES string of the molecule is CCC(CC)c1cccc2[nH]c(=O)n(CC(=O)O)c12. The minimum absolute atomic E-state index is 0.310. The number of carbonyl (C=O) groups is 1. The molecule has 5 heteroatoms. The second kappa shape index (κ2) is 5.30. The van der Waals surface area contributed by atoms with Crippen LogP contribution >= 0.6 is 0 Å². The zero-order valence-corrected chi connectivity index (χ0v) is 11.1. The molecular weight excluding hydrogens is 244 g/mol. The number of carboxylic acid groups (broad SMARTS) is 1. The summed E-state index contributed by atoms with van der Waals surface area (Å²) in [4.78, 5) is 25.5. The van der Waals surface area contributed by atoms with Gasteiger partial charge >= 0.3 is 11.7 Å². The van der Waals surface area contributed by atoms with Crippen molar-refractivity contribution in [3.8, 4) is 0 Å². The van der Waals surface area contributed by atoms with Gasteiger partial charge in [-0.25, -0.2) is 4.79 Å². The predicted molar refractivity (Wildman–Crippen MR) is 73.5 cm³/mol. The Hall–Kier alpha value is -2.04. The lowest BCUT2D eigenvalue weighted by atomic mass is 9.93. The van der Waals surface area contributed by atoms with E-state index in [9.17, 15) is 9.59 Å². The van der Waals surface area contributed by atoms with Gasteiger partial charge in [0.25, 0.3) is 0 Å². The topological polar surface area (TPSA) is 75.1 Å². The number of imidazole rings is 1. The van der Waals surface area contributed by atoms with Gasteiger partial charge in [-0.1, -0.05) is 26.0 Å². The molecule has 1 aromatic carbocycles. The first-order chi connectivity index (χ1) is 9.08. The number of aromatic amines is 1. The van der Waals surface area contributed by atoms with E-state index >= 15 is 0 Å².